The molecular formula is C14H12ClN3O2S. The third kappa shape index (κ3) is 2.36. The van der Waals surface area contributed by atoms with Crippen LogP contribution in [0.3, 0.4) is 0 Å². The fourth-order valence-electron chi connectivity index (χ4n) is 2.19. The molecule has 0 fully saturated rings. The normalized spacial score (nSPS) is 15.1. The monoisotopic (exact) mass is 321 g/mol. The molecule has 0 atom stereocenters. The lowest BCUT2D eigenvalue weighted by Crippen LogP contribution is -2.26. The molecule has 0 unspecified atom stereocenters. The van der Waals surface area contributed by atoms with Crippen molar-refractivity contribution in [1.82, 2.24) is 4.98 Å². The molecule has 1 aliphatic heterocycles. The molecule has 108 valence electrons. The number of phenols is 1. The zero-order chi connectivity index (χ0) is 15.1. The van der Waals surface area contributed by atoms with Gasteiger partial charge in [-0.25, -0.2) is 4.98 Å². The minimum atomic E-state index is 0.00789. The zero-order valence-electron chi connectivity index (χ0n) is 11.1. The quantitative estimate of drug-likeness (QED) is 0.789. The Kier molecular flexibility index (Phi) is 3.35. The Morgan fingerprint density at radius 1 is 1.38 bits per heavy atom. The van der Waals surface area contributed by atoms with Crippen LogP contribution < -0.4 is 4.90 Å². The summed E-state index contributed by atoms with van der Waals surface area (Å²) in [6.45, 7) is 1.97. The molecule has 1 aliphatic rings. The number of benzene rings is 1. The molecule has 1 aromatic heterocycles. The number of thiazole rings is 1. The first kappa shape index (κ1) is 13.9. The lowest BCUT2D eigenvalue weighted by Gasteiger charge is -2.19. The van der Waals surface area contributed by atoms with Crippen LogP contribution in [0, 0.1) is 12.3 Å². The van der Waals surface area contributed by atoms with Crippen molar-refractivity contribution in [3.63, 3.8) is 0 Å². The second-order valence-electron chi connectivity index (χ2n) is 4.68. The van der Waals surface area contributed by atoms with Gasteiger partial charge < -0.3 is 15.1 Å². The summed E-state index contributed by atoms with van der Waals surface area (Å²) in [5.41, 5.74) is 1.63. The third-order valence-corrected chi connectivity index (χ3v) is 4.38. The van der Waals surface area contributed by atoms with E-state index in [1.807, 2.05) is 12.3 Å². The standard InChI is InChI=1S/C14H12ClN3O2S/c1-7-6-21-14(17-7)12-11(20)5-18(13(12)16)9-4-8(15)2-3-10(9)19/h2-4,6,16,19-20H,5H2,1H3. The number of nitrogens with one attached hydrogen (secondary N) is 1. The van der Waals surface area contributed by atoms with Crippen molar-refractivity contribution < 1.29 is 10.2 Å². The highest BCUT2D eigenvalue weighted by Crippen LogP contribution is 2.37. The molecule has 7 heteroatoms. The second-order valence-corrected chi connectivity index (χ2v) is 5.98. The molecule has 21 heavy (non-hydrogen) atoms. The summed E-state index contributed by atoms with van der Waals surface area (Å²) in [6.07, 6.45) is 0. The number of rotatable bonds is 2. The van der Waals surface area contributed by atoms with E-state index >= 15 is 0 Å². The number of hydrogen-bond donors (Lipinski definition) is 3. The van der Waals surface area contributed by atoms with Gasteiger partial charge in [0.25, 0.3) is 0 Å². The highest BCUT2D eigenvalue weighted by molar-refractivity contribution is 7.11. The van der Waals surface area contributed by atoms with Gasteiger partial charge in [0.15, 0.2) is 0 Å². The van der Waals surface area contributed by atoms with E-state index in [0.29, 0.717) is 21.3 Å². The Labute approximate surface area is 130 Å². The molecule has 2 heterocycles. The van der Waals surface area contributed by atoms with Gasteiger partial charge in [-0.3, -0.25) is 5.41 Å². The summed E-state index contributed by atoms with van der Waals surface area (Å²) in [7, 11) is 0. The van der Waals surface area contributed by atoms with Crippen LogP contribution in [0.25, 0.3) is 5.57 Å². The van der Waals surface area contributed by atoms with Crippen LogP contribution in [-0.4, -0.2) is 27.6 Å². The predicted molar refractivity (Wildman–Crippen MR) is 84.6 cm³/mol. The van der Waals surface area contributed by atoms with Gasteiger partial charge in [-0.2, -0.15) is 0 Å². The number of phenolic OH excluding ortho intramolecular Hbond substituents is 1. The SMILES string of the molecule is Cc1csc(C2=C(O)CN(c3cc(Cl)ccc3O)C2=N)n1. The average Bonchev–Trinajstić information content (AvgIpc) is 2.96. The van der Waals surface area contributed by atoms with Crippen LogP contribution in [0.1, 0.15) is 10.7 Å². The number of aromatic nitrogens is 1. The summed E-state index contributed by atoms with van der Waals surface area (Å²) in [6, 6.07) is 4.60. The van der Waals surface area contributed by atoms with Crippen molar-refractivity contribution in [3.8, 4) is 5.75 Å². The number of aryl methyl sites for hydroxylation is 1. The number of aliphatic hydroxyl groups excluding tert-OH is 1. The molecule has 0 spiro atoms. The minimum Gasteiger partial charge on any atom is -0.510 e. The molecule has 0 amide bonds. The van der Waals surface area contributed by atoms with Gasteiger partial charge in [0.05, 0.1) is 17.8 Å². The number of anilines is 1. The summed E-state index contributed by atoms with van der Waals surface area (Å²) in [4.78, 5) is 5.81. The van der Waals surface area contributed by atoms with E-state index in [4.69, 9.17) is 17.0 Å². The van der Waals surface area contributed by atoms with Gasteiger partial charge in [0.1, 0.15) is 22.4 Å². The lowest BCUT2D eigenvalue weighted by atomic mass is 10.2. The molecule has 0 saturated heterocycles. The number of halogens is 1. The highest BCUT2D eigenvalue weighted by atomic mass is 35.5. The number of hydrogen-bond acceptors (Lipinski definition) is 5. The van der Waals surface area contributed by atoms with Crippen LogP contribution >= 0.6 is 22.9 Å². The van der Waals surface area contributed by atoms with Gasteiger partial charge in [0, 0.05) is 16.1 Å². The topological polar surface area (TPSA) is 80.4 Å². The number of aromatic hydroxyl groups is 1. The first-order valence-electron chi connectivity index (χ1n) is 6.17. The van der Waals surface area contributed by atoms with E-state index in [1.165, 1.54) is 22.3 Å². The summed E-state index contributed by atoms with van der Waals surface area (Å²) >= 11 is 7.32. The van der Waals surface area contributed by atoms with Crippen LogP contribution in [0.15, 0.2) is 29.3 Å². The second kappa shape index (κ2) is 5.05. The summed E-state index contributed by atoms with van der Waals surface area (Å²) in [5.74, 6) is 0.168. The molecule has 5 nitrogen and oxygen atoms in total. The van der Waals surface area contributed by atoms with E-state index in [-0.39, 0.29) is 23.9 Å². The van der Waals surface area contributed by atoms with Crippen molar-refractivity contribution in [2.75, 3.05) is 11.4 Å². The van der Waals surface area contributed by atoms with Crippen LogP contribution in [0.2, 0.25) is 5.02 Å². The summed E-state index contributed by atoms with van der Waals surface area (Å²) in [5, 5.41) is 31.3. The Hall–Kier alpha value is -2.05. The van der Waals surface area contributed by atoms with Gasteiger partial charge in [-0.05, 0) is 25.1 Å². The number of amidine groups is 1. The molecular weight excluding hydrogens is 310 g/mol. The highest BCUT2D eigenvalue weighted by Gasteiger charge is 2.32. The summed E-state index contributed by atoms with van der Waals surface area (Å²) < 4.78 is 0. The van der Waals surface area contributed by atoms with Gasteiger partial charge >= 0.3 is 0 Å². The third-order valence-electron chi connectivity index (χ3n) is 3.16. The smallest absolute Gasteiger partial charge is 0.139 e. The maximum atomic E-state index is 10.2. The van der Waals surface area contributed by atoms with Crippen molar-refractivity contribution in [1.29, 1.82) is 5.41 Å². The van der Waals surface area contributed by atoms with Crippen molar-refractivity contribution >= 4 is 40.0 Å². The Balaban J connectivity index is 2.00. The van der Waals surface area contributed by atoms with Gasteiger partial charge in [0.2, 0.25) is 0 Å². The molecule has 2 aromatic rings. The van der Waals surface area contributed by atoms with E-state index in [2.05, 4.69) is 4.98 Å². The van der Waals surface area contributed by atoms with Gasteiger partial charge in [-0.15, -0.1) is 11.3 Å². The molecule has 0 aliphatic carbocycles. The Morgan fingerprint density at radius 3 is 2.81 bits per heavy atom. The molecule has 3 N–H and O–H groups in total. The van der Waals surface area contributed by atoms with Crippen LogP contribution in [-0.2, 0) is 0 Å². The number of aliphatic hydroxyl groups is 1. The zero-order valence-corrected chi connectivity index (χ0v) is 12.7. The number of nitrogens with zero attached hydrogens (tertiary/aromatic N) is 2. The average molecular weight is 322 g/mol. The van der Waals surface area contributed by atoms with E-state index in [9.17, 15) is 10.2 Å². The van der Waals surface area contributed by atoms with Crippen LogP contribution in [0.4, 0.5) is 5.69 Å². The lowest BCUT2D eigenvalue weighted by molar-refractivity contribution is 0.411. The minimum absolute atomic E-state index is 0.00789. The van der Waals surface area contributed by atoms with Crippen molar-refractivity contribution in [3.05, 3.63) is 45.1 Å². The van der Waals surface area contributed by atoms with E-state index in [1.54, 1.807) is 12.1 Å². The molecule has 0 radical (unpaired) electrons. The van der Waals surface area contributed by atoms with Crippen molar-refractivity contribution in [2.45, 2.75) is 6.92 Å². The van der Waals surface area contributed by atoms with Gasteiger partial charge in [-0.1, -0.05) is 11.6 Å². The van der Waals surface area contributed by atoms with E-state index in [0.717, 1.165) is 5.69 Å². The Bertz CT molecular complexity index is 769. The Morgan fingerprint density at radius 2 is 2.14 bits per heavy atom. The molecule has 0 saturated carbocycles. The largest absolute Gasteiger partial charge is 0.510 e. The molecule has 0 bridgehead atoms. The first-order valence-corrected chi connectivity index (χ1v) is 7.42. The van der Waals surface area contributed by atoms with E-state index < -0.39 is 0 Å². The first-order chi connectivity index (χ1) is 9.97. The predicted octanol–water partition coefficient (Wildman–Crippen LogP) is 3.58. The van der Waals surface area contributed by atoms with Crippen molar-refractivity contribution in [2.24, 2.45) is 0 Å². The maximum Gasteiger partial charge on any atom is 0.139 e. The van der Waals surface area contributed by atoms with Crippen LogP contribution in [0.5, 0.6) is 5.75 Å². The fraction of sp³-hybridized carbons (Fsp3) is 0.143. The fourth-order valence-corrected chi connectivity index (χ4v) is 3.22. The molecule has 3 rings (SSSR count). The maximum absolute atomic E-state index is 10.2. The molecule has 1 aromatic carbocycles.